The number of halogens is 2. The summed E-state index contributed by atoms with van der Waals surface area (Å²) in [6.07, 6.45) is 0.241. The van der Waals surface area contributed by atoms with Crippen LogP contribution in [0.15, 0.2) is 51.6 Å². The smallest absolute Gasteiger partial charge is 0.339 e. The topological polar surface area (TPSA) is 107 Å². The van der Waals surface area contributed by atoms with Gasteiger partial charge in [0, 0.05) is 5.02 Å². The molecule has 1 N–H and O–H groups in total. The van der Waals surface area contributed by atoms with Gasteiger partial charge in [-0.05, 0) is 50.2 Å². The van der Waals surface area contributed by atoms with Crippen LogP contribution in [0, 0.1) is 12.7 Å². The summed E-state index contributed by atoms with van der Waals surface area (Å²) in [7, 11) is 0. The van der Waals surface area contributed by atoms with E-state index in [1.54, 1.807) is 19.1 Å². The van der Waals surface area contributed by atoms with E-state index in [1.165, 1.54) is 31.4 Å². The average molecular weight is 444 g/mol. The molecule has 4 rings (SSSR count). The Morgan fingerprint density at radius 1 is 1.26 bits per heavy atom. The molecule has 1 atom stereocenters. The van der Waals surface area contributed by atoms with Gasteiger partial charge in [0.2, 0.25) is 0 Å². The maximum atomic E-state index is 13.9. The number of aromatic nitrogens is 2. The van der Waals surface area contributed by atoms with Crippen LogP contribution in [0.1, 0.15) is 23.0 Å². The van der Waals surface area contributed by atoms with Crippen LogP contribution in [0.3, 0.4) is 0 Å². The fourth-order valence-corrected chi connectivity index (χ4v) is 3.07. The zero-order valence-corrected chi connectivity index (χ0v) is 17.1. The van der Waals surface area contributed by atoms with Crippen molar-refractivity contribution in [1.82, 2.24) is 10.1 Å². The third kappa shape index (κ3) is 4.13. The number of hydrogen-bond acceptors (Lipinski definition) is 7. The number of nitrogens with zero attached hydrogens (tertiary/aromatic N) is 2. The van der Waals surface area contributed by atoms with E-state index < -0.39 is 23.8 Å². The number of ether oxygens (including phenoxy) is 1. The van der Waals surface area contributed by atoms with Gasteiger partial charge in [-0.2, -0.15) is 0 Å². The second-order valence-corrected chi connectivity index (χ2v) is 7.08. The average Bonchev–Trinajstić information content (AvgIpc) is 3.39. The molecular formula is C21H15ClFN3O5. The van der Waals surface area contributed by atoms with Crippen LogP contribution in [0.25, 0.3) is 22.6 Å². The summed E-state index contributed by atoms with van der Waals surface area (Å²) >= 11 is 5.71. The first-order valence-corrected chi connectivity index (χ1v) is 9.49. The number of pyridine rings is 1. The second kappa shape index (κ2) is 8.19. The summed E-state index contributed by atoms with van der Waals surface area (Å²) in [5.74, 6) is -1.81. The van der Waals surface area contributed by atoms with Gasteiger partial charge in [0.15, 0.2) is 11.9 Å². The lowest BCUT2D eigenvalue weighted by atomic mass is 10.1. The third-order valence-corrected chi connectivity index (χ3v) is 4.69. The van der Waals surface area contributed by atoms with E-state index in [2.05, 4.69) is 15.5 Å². The number of fused-ring (bicyclic) bond motifs is 1. The van der Waals surface area contributed by atoms with E-state index in [9.17, 15) is 14.0 Å². The molecule has 0 aliphatic rings. The molecule has 158 valence electrons. The number of carbonyl (C=O) groups is 2. The third-order valence-electron chi connectivity index (χ3n) is 4.45. The first-order valence-electron chi connectivity index (χ1n) is 9.11. The molecule has 0 spiro atoms. The zero-order chi connectivity index (χ0) is 22.1. The van der Waals surface area contributed by atoms with Crippen molar-refractivity contribution in [3.63, 3.8) is 0 Å². The van der Waals surface area contributed by atoms with Crippen LogP contribution in [-0.2, 0) is 9.53 Å². The molecule has 3 aromatic heterocycles. The Kier molecular flexibility index (Phi) is 5.43. The molecule has 31 heavy (non-hydrogen) atoms. The van der Waals surface area contributed by atoms with Gasteiger partial charge < -0.3 is 19.0 Å². The minimum Gasteiger partial charge on any atom is -0.463 e. The molecule has 0 radical (unpaired) electrons. The van der Waals surface area contributed by atoms with Crippen LogP contribution in [0.4, 0.5) is 10.1 Å². The number of benzene rings is 1. The van der Waals surface area contributed by atoms with Crippen molar-refractivity contribution in [2.24, 2.45) is 0 Å². The number of furan rings is 1. The standard InChI is InChI=1S/C21H15ClFN3O5/c1-10-18-13(9-16(17-4-3-7-29-17)25-20(18)31-26-10)21(28)30-11(2)19(27)24-15-6-5-12(22)8-14(15)23/h3-9,11H,1-2H3,(H,24,27). The van der Waals surface area contributed by atoms with Crippen LogP contribution < -0.4 is 5.32 Å². The lowest BCUT2D eigenvalue weighted by Crippen LogP contribution is -2.30. The van der Waals surface area contributed by atoms with E-state index >= 15 is 0 Å². The molecule has 0 saturated heterocycles. The lowest BCUT2D eigenvalue weighted by Gasteiger charge is -2.14. The minimum atomic E-state index is -1.22. The molecule has 1 amide bonds. The molecule has 1 aromatic carbocycles. The largest absolute Gasteiger partial charge is 0.463 e. The molecule has 0 fully saturated rings. The van der Waals surface area contributed by atoms with Crippen molar-refractivity contribution < 1.29 is 27.7 Å². The van der Waals surface area contributed by atoms with Gasteiger partial charge in [0.1, 0.15) is 11.5 Å². The summed E-state index contributed by atoms with van der Waals surface area (Å²) in [4.78, 5) is 29.6. The van der Waals surface area contributed by atoms with Crippen molar-refractivity contribution in [3.05, 3.63) is 64.8 Å². The number of amides is 1. The summed E-state index contributed by atoms with van der Waals surface area (Å²) in [5, 5.41) is 6.75. The maximum absolute atomic E-state index is 13.9. The van der Waals surface area contributed by atoms with Crippen molar-refractivity contribution in [3.8, 4) is 11.5 Å². The van der Waals surface area contributed by atoms with Gasteiger partial charge in [0.05, 0.1) is 28.6 Å². The normalized spacial score (nSPS) is 12.0. The lowest BCUT2D eigenvalue weighted by molar-refractivity contribution is -0.123. The van der Waals surface area contributed by atoms with Gasteiger partial charge in [-0.25, -0.2) is 14.2 Å². The molecule has 0 bridgehead atoms. The number of aryl methyl sites for hydroxylation is 1. The number of anilines is 1. The monoisotopic (exact) mass is 443 g/mol. The zero-order valence-electron chi connectivity index (χ0n) is 16.3. The Labute approximate surface area is 179 Å². The molecule has 0 saturated carbocycles. The van der Waals surface area contributed by atoms with E-state index in [0.29, 0.717) is 22.5 Å². The number of carbonyl (C=O) groups excluding carboxylic acids is 2. The number of hydrogen-bond donors (Lipinski definition) is 1. The quantitative estimate of drug-likeness (QED) is 0.443. The molecule has 8 nitrogen and oxygen atoms in total. The van der Waals surface area contributed by atoms with Crippen LogP contribution in [0.5, 0.6) is 0 Å². The Morgan fingerprint density at radius 2 is 2.06 bits per heavy atom. The second-order valence-electron chi connectivity index (χ2n) is 6.64. The van der Waals surface area contributed by atoms with Gasteiger partial charge in [-0.1, -0.05) is 16.8 Å². The maximum Gasteiger partial charge on any atom is 0.339 e. The predicted molar refractivity (Wildman–Crippen MR) is 109 cm³/mol. The molecule has 10 heteroatoms. The number of nitrogens with one attached hydrogen (secondary N) is 1. The molecule has 4 aromatic rings. The van der Waals surface area contributed by atoms with E-state index in [0.717, 1.165) is 6.07 Å². The highest BCUT2D eigenvalue weighted by Crippen LogP contribution is 2.28. The van der Waals surface area contributed by atoms with Gasteiger partial charge in [0.25, 0.3) is 11.6 Å². The first-order chi connectivity index (χ1) is 14.8. The Morgan fingerprint density at radius 3 is 2.77 bits per heavy atom. The van der Waals surface area contributed by atoms with Crippen molar-refractivity contribution in [1.29, 1.82) is 0 Å². The van der Waals surface area contributed by atoms with E-state index in [-0.39, 0.29) is 22.0 Å². The SMILES string of the molecule is Cc1noc2nc(-c3ccco3)cc(C(=O)OC(C)C(=O)Nc3ccc(Cl)cc3F)c12. The predicted octanol–water partition coefficient (Wildman–Crippen LogP) is 4.77. The Balaban J connectivity index is 1.59. The molecular weight excluding hydrogens is 429 g/mol. The summed E-state index contributed by atoms with van der Waals surface area (Å²) in [6, 6.07) is 8.61. The highest BCUT2D eigenvalue weighted by molar-refractivity contribution is 6.30. The Bertz CT molecular complexity index is 1290. The van der Waals surface area contributed by atoms with Crippen LogP contribution in [-0.4, -0.2) is 28.1 Å². The van der Waals surface area contributed by atoms with Gasteiger partial charge in [-0.3, -0.25) is 4.79 Å². The first kappa shape index (κ1) is 20.5. The van der Waals surface area contributed by atoms with Crippen LogP contribution in [0.2, 0.25) is 5.02 Å². The van der Waals surface area contributed by atoms with E-state index in [4.69, 9.17) is 25.3 Å². The number of rotatable bonds is 5. The van der Waals surface area contributed by atoms with E-state index in [1.807, 2.05) is 0 Å². The van der Waals surface area contributed by atoms with Crippen molar-refractivity contribution in [2.75, 3.05) is 5.32 Å². The summed E-state index contributed by atoms with van der Waals surface area (Å²) < 4.78 is 29.8. The fraction of sp³-hybridized carbons (Fsp3) is 0.143. The molecule has 1 unspecified atom stereocenters. The molecule has 3 heterocycles. The fourth-order valence-electron chi connectivity index (χ4n) is 2.91. The van der Waals surface area contributed by atoms with Crippen LogP contribution >= 0.6 is 11.6 Å². The minimum absolute atomic E-state index is 0.0846. The van der Waals surface area contributed by atoms with Crippen molar-refractivity contribution in [2.45, 2.75) is 20.0 Å². The summed E-state index contributed by atoms with van der Waals surface area (Å²) in [5.41, 5.74) is 0.909. The Hall–Kier alpha value is -3.72. The summed E-state index contributed by atoms with van der Waals surface area (Å²) in [6.45, 7) is 3.02. The van der Waals surface area contributed by atoms with Crippen molar-refractivity contribution >= 4 is 40.3 Å². The number of esters is 1. The van der Waals surface area contributed by atoms with Gasteiger partial charge in [-0.15, -0.1) is 0 Å². The molecule has 0 aliphatic carbocycles. The van der Waals surface area contributed by atoms with Gasteiger partial charge >= 0.3 is 5.97 Å². The highest BCUT2D eigenvalue weighted by Gasteiger charge is 2.25. The highest BCUT2D eigenvalue weighted by atomic mass is 35.5. The molecule has 0 aliphatic heterocycles.